The number of rotatable bonds is 45. The molecule has 1 N–H and O–H groups in total. The van der Waals surface area contributed by atoms with Crippen molar-refractivity contribution in [1.29, 1.82) is 0 Å². The van der Waals surface area contributed by atoms with Crippen LogP contribution < -0.4 is 5.32 Å². The molecule has 0 radical (unpaired) electrons. The van der Waals surface area contributed by atoms with Gasteiger partial charge in [-0.25, -0.2) is 19.2 Å². The lowest BCUT2D eigenvalue weighted by Crippen LogP contribution is -2.23. The Morgan fingerprint density at radius 3 is 1.12 bits per heavy atom. The van der Waals surface area contributed by atoms with Crippen LogP contribution in [0, 0.1) is 0 Å². The van der Waals surface area contributed by atoms with Gasteiger partial charge in [0, 0.05) is 74.8 Å². The topological polar surface area (TPSA) is 232 Å². The SMILES string of the molecule is C=CC(=O)CCCSSCCNC(=O)C=C.C=CC(=O)OCCCCCC(=O)OCCOCCOC(=O)CCCCCOC(=O)C=C.C=CC(=O)OCCOCCCCCCOCCOC(=O)C=C. The molecule has 18 nitrogen and oxygen atoms in total. The summed E-state index contributed by atoms with van der Waals surface area (Å²) in [5, 5.41) is 2.69. The molecule has 392 valence electrons. The molecule has 0 aliphatic heterocycles. The first-order chi connectivity index (χ1) is 33.4. The van der Waals surface area contributed by atoms with Gasteiger partial charge in [-0.15, -0.1) is 0 Å². The second-order valence-electron chi connectivity index (χ2n) is 13.7. The lowest BCUT2D eigenvalue weighted by molar-refractivity contribution is -0.147. The zero-order chi connectivity index (χ0) is 51.9. The van der Waals surface area contributed by atoms with E-state index in [1.165, 1.54) is 12.2 Å². The number of allylic oxidation sites excluding steroid dienone is 1. The summed E-state index contributed by atoms with van der Waals surface area (Å²) in [6, 6.07) is 0. The molecule has 0 aliphatic carbocycles. The van der Waals surface area contributed by atoms with E-state index >= 15 is 0 Å². The Balaban J connectivity index is -0.00000100. The standard InChI is InChI=1S/C22H34O9.C16H26O6.C11H17NO2S2/c1-3-19(23)28-13-9-5-7-11-21(25)30-17-15-27-16-18-31-22(26)12-8-6-10-14-29-20(24)4-2;1-3-15(17)21-13-11-19-9-7-5-6-8-10-20-12-14-22-16(18)4-2;1-3-10(13)6-5-8-15-16-9-7-12-11(14)4-2/h3-4H,1-2,5-18H2;3-4H,1-2,5-14H2;3-4H,1-2,5-9H2,(H,12,14). The van der Waals surface area contributed by atoms with E-state index in [1.54, 1.807) is 21.6 Å². The number of ketones is 1. The highest BCUT2D eigenvalue weighted by molar-refractivity contribution is 8.76. The summed E-state index contributed by atoms with van der Waals surface area (Å²) in [6.07, 6.45) is 17.4. The zero-order valence-corrected chi connectivity index (χ0v) is 42.1. The van der Waals surface area contributed by atoms with E-state index in [1.807, 2.05) is 0 Å². The monoisotopic (exact) mass is 1020 g/mol. The van der Waals surface area contributed by atoms with E-state index in [0.29, 0.717) is 91.1 Å². The molecule has 0 heterocycles. The second-order valence-corrected chi connectivity index (χ2v) is 16.4. The third-order valence-electron chi connectivity index (χ3n) is 8.09. The maximum atomic E-state index is 11.5. The summed E-state index contributed by atoms with van der Waals surface area (Å²) < 4.78 is 45.2. The minimum atomic E-state index is -0.449. The molecular formula is C49H77NO17S2. The molecule has 69 heavy (non-hydrogen) atoms. The van der Waals surface area contributed by atoms with Crippen LogP contribution in [0.1, 0.15) is 89.9 Å². The molecule has 0 unspecified atom stereocenters. The first-order valence-corrected chi connectivity index (χ1v) is 25.4. The number of esters is 6. The van der Waals surface area contributed by atoms with E-state index in [-0.39, 0.29) is 63.3 Å². The van der Waals surface area contributed by atoms with Gasteiger partial charge < -0.3 is 47.9 Å². The molecule has 0 aromatic carbocycles. The fourth-order valence-corrected chi connectivity index (χ4v) is 6.53. The van der Waals surface area contributed by atoms with Crippen molar-refractivity contribution in [2.45, 2.75) is 89.9 Å². The maximum Gasteiger partial charge on any atom is 0.330 e. The summed E-state index contributed by atoms with van der Waals surface area (Å²) in [4.78, 5) is 87.8. The lowest BCUT2D eigenvalue weighted by Gasteiger charge is -2.07. The van der Waals surface area contributed by atoms with Gasteiger partial charge in [0.05, 0.1) is 39.6 Å². The van der Waals surface area contributed by atoms with Gasteiger partial charge in [0.1, 0.15) is 26.4 Å². The smallest absolute Gasteiger partial charge is 0.330 e. The van der Waals surface area contributed by atoms with Crippen molar-refractivity contribution >= 4 is 69.1 Å². The molecule has 0 aromatic rings. The number of hydrogen-bond donors (Lipinski definition) is 1. The number of unbranched alkanes of at least 4 members (excludes halogenated alkanes) is 7. The summed E-state index contributed by atoms with van der Waals surface area (Å²) in [5.74, 6) is -0.601. The van der Waals surface area contributed by atoms with Crippen LogP contribution in [0.2, 0.25) is 0 Å². The van der Waals surface area contributed by atoms with Crippen LogP contribution in [0.15, 0.2) is 75.9 Å². The predicted molar refractivity (Wildman–Crippen MR) is 267 cm³/mol. The Bertz CT molecular complexity index is 1370. The Kier molecular flexibility index (Phi) is 55.0. The molecule has 0 aliphatic rings. The summed E-state index contributed by atoms with van der Waals surface area (Å²) in [5.41, 5.74) is 0. The van der Waals surface area contributed by atoms with E-state index in [9.17, 15) is 38.4 Å². The van der Waals surface area contributed by atoms with Crippen LogP contribution in [-0.4, -0.2) is 145 Å². The van der Waals surface area contributed by atoms with Gasteiger partial charge in [-0.3, -0.25) is 19.2 Å². The molecule has 0 bridgehead atoms. The molecule has 20 heteroatoms. The maximum absolute atomic E-state index is 11.5. The predicted octanol–water partition coefficient (Wildman–Crippen LogP) is 6.91. The van der Waals surface area contributed by atoms with Crippen molar-refractivity contribution in [3.05, 3.63) is 75.9 Å². The molecule has 0 fully saturated rings. The van der Waals surface area contributed by atoms with Crippen molar-refractivity contribution in [2.75, 3.05) is 97.3 Å². The zero-order valence-electron chi connectivity index (χ0n) is 40.5. The normalized spacial score (nSPS) is 9.91. The molecule has 0 atom stereocenters. The molecule has 0 saturated heterocycles. The average molecular weight is 1020 g/mol. The van der Waals surface area contributed by atoms with E-state index < -0.39 is 23.9 Å². The van der Waals surface area contributed by atoms with Crippen LogP contribution in [0.4, 0.5) is 0 Å². The van der Waals surface area contributed by atoms with Crippen molar-refractivity contribution in [3.8, 4) is 0 Å². The van der Waals surface area contributed by atoms with Crippen LogP contribution in [0.5, 0.6) is 0 Å². The second kappa shape index (κ2) is 55.6. The highest BCUT2D eigenvalue weighted by Gasteiger charge is 2.06. The van der Waals surface area contributed by atoms with Gasteiger partial charge in [0.15, 0.2) is 5.78 Å². The van der Waals surface area contributed by atoms with E-state index in [0.717, 1.165) is 80.8 Å². The van der Waals surface area contributed by atoms with Crippen molar-refractivity contribution in [2.24, 2.45) is 0 Å². The molecule has 0 aromatic heterocycles. The Labute approximate surface area is 417 Å². The largest absolute Gasteiger partial charge is 0.463 e. The fraction of sp³-hybridized carbons (Fsp3) is 0.592. The van der Waals surface area contributed by atoms with Gasteiger partial charge in [-0.1, -0.05) is 73.9 Å². The number of hydrogen-bond acceptors (Lipinski definition) is 19. The minimum Gasteiger partial charge on any atom is -0.463 e. The van der Waals surface area contributed by atoms with Crippen LogP contribution in [0.3, 0.4) is 0 Å². The lowest BCUT2D eigenvalue weighted by atomic mass is 10.2. The average Bonchev–Trinajstić information content (AvgIpc) is 3.36. The van der Waals surface area contributed by atoms with Crippen molar-refractivity contribution in [3.63, 3.8) is 0 Å². The van der Waals surface area contributed by atoms with Crippen LogP contribution in [0.25, 0.3) is 0 Å². The fourth-order valence-electron chi connectivity index (χ4n) is 4.53. The first-order valence-electron chi connectivity index (χ1n) is 22.9. The Morgan fingerprint density at radius 2 is 0.710 bits per heavy atom. The summed E-state index contributed by atoms with van der Waals surface area (Å²) >= 11 is 0. The number of nitrogens with one attached hydrogen (secondary N) is 1. The number of carbonyl (C=O) groups excluding carboxylic acids is 8. The Hall–Kier alpha value is -5.02. The highest BCUT2D eigenvalue weighted by atomic mass is 33.1. The molecule has 1 amide bonds. The Morgan fingerprint density at radius 1 is 0.348 bits per heavy atom. The third-order valence-corrected chi connectivity index (χ3v) is 10.6. The van der Waals surface area contributed by atoms with Gasteiger partial charge in [-0.2, -0.15) is 0 Å². The third kappa shape index (κ3) is 59.0. The molecule has 0 saturated carbocycles. The number of amides is 1. The number of carbonyl (C=O) groups is 8. The quantitative estimate of drug-likeness (QED) is 0.0215. The van der Waals surface area contributed by atoms with Crippen LogP contribution >= 0.6 is 21.6 Å². The highest BCUT2D eigenvalue weighted by Crippen LogP contribution is 2.21. The molecule has 0 rings (SSSR count). The van der Waals surface area contributed by atoms with Crippen molar-refractivity contribution in [1.82, 2.24) is 5.32 Å². The number of ether oxygens (including phenoxy) is 9. The first kappa shape index (κ1) is 68.2. The van der Waals surface area contributed by atoms with E-state index in [2.05, 4.69) is 44.8 Å². The minimum absolute atomic E-state index is 0.101. The van der Waals surface area contributed by atoms with Crippen molar-refractivity contribution < 1.29 is 81.0 Å². The molecule has 0 spiro atoms. The summed E-state index contributed by atoms with van der Waals surface area (Å²) in [7, 11) is 3.41. The molecular weight excluding hydrogens is 939 g/mol. The van der Waals surface area contributed by atoms with Gasteiger partial charge >= 0.3 is 35.8 Å². The summed E-state index contributed by atoms with van der Waals surface area (Å²) in [6.45, 7) is 24.6. The van der Waals surface area contributed by atoms with Gasteiger partial charge in [0.2, 0.25) is 5.91 Å². The van der Waals surface area contributed by atoms with Gasteiger partial charge in [0.25, 0.3) is 0 Å². The van der Waals surface area contributed by atoms with Crippen LogP contribution in [-0.2, 0) is 81.0 Å². The van der Waals surface area contributed by atoms with E-state index in [4.69, 9.17) is 42.6 Å². The van der Waals surface area contributed by atoms with Gasteiger partial charge in [-0.05, 0) is 69.9 Å².